The molecule has 1 fully saturated rings. The molecule has 0 aromatic carbocycles. The van der Waals surface area contributed by atoms with E-state index in [1.807, 2.05) is 7.05 Å². The largest absolute Gasteiger partial charge is 0.302 e. The summed E-state index contributed by atoms with van der Waals surface area (Å²) < 4.78 is 0. The van der Waals surface area contributed by atoms with Gasteiger partial charge in [0, 0.05) is 19.6 Å². The van der Waals surface area contributed by atoms with Crippen LogP contribution in [-0.4, -0.2) is 37.7 Å². The number of nitrogens with one attached hydrogen (secondary N) is 1. The normalized spacial score (nSPS) is 24.4. The molecule has 1 unspecified atom stereocenters. The van der Waals surface area contributed by atoms with Crippen molar-refractivity contribution in [2.45, 2.75) is 39.2 Å². The first-order chi connectivity index (χ1) is 6.74. The number of rotatable bonds is 5. The standard InChI is InChI=1S/C11H24N2O/c1-10(2)13-7-4-5-11(9-13)6-8-14-12-3/h10-12H,4-9H2,1-3H3. The maximum absolute atomic E-state index is 5.16. The minimum Gasteiger partial charge on any atom is -0.302 e. The first-order valence-electron chi connectivity index (χ1n) is 5.76. The molecule has 0 aromatic rings. The van der Waals surface area contributed by atoms with E-state index in [4.69, 9.17) is 4.84 Å². The average Bonchev–Trinajstić information content (AvgIpc) is 2.19. The van der Waals surface area contributed by atoms with Gasteiger partial charge in [-0.3, -0.25) is 0 Å². The molecule has 0 aromatic heterocycles. The molecule has 1 N–H and O–H groups in total. The van der Waals surface area contributed by atoms with Gasteiger partial charge in [-0.15, -0.1) is 0 Å². The van der Waals surface area contributed by atoms with Crippen LogP contribution in [0.1, 0.15) is 33.1 Å². The second-order valence-electron chi connectivity index (χ2n) is 4.44. The van der Waals surface area contributed by atoms with Crippen LogP contribution in [0.15, 0.2) is 0 Å². The van der Waals surface area contributed by atoms with Crippen molar-refractivity contribution in [2.75, 3.05) is 26.7 Å². The third kappa shape index (κ3) is 3.95. The van der Waals surface area contributed by atoms with Crippen molar-refractivity contribution in [1.29, 1.82) is 0 Å². The molecular formula is C11H24N2O. The van der Waals surface area contributed by atoms with Crippen molar-refractivity contribution >= 4 is 0 Å². The van der Waals surface area contributed by atoms with Gasteiger partial charge in [0.25, 0.3) is 0 Å². The highest BCUT2D eigenvalue weighted by Crippen LogP contribution is 2.20. The molecule has 1 rings (SSSR count). The minimum absolute atomic E-state index is 0.697. The number of hydrogen-bond donors (Lipinski definition) is 1. The third-order valence-electron chi connectivity index (χ3n) is 3.05. The summed E-state index contributed by atoms with van der Waals surface area (Å²) in [6.45, 7) is 7.94. The number of hydroxylamine groups is 1. The number of likely N-dealkylation sites (tertiary alicyclic amines) is 1. The topological polar surface area (TPSA) is 24.5 Å². The number of piperidine rings is 1. The zero-order valence-electron chi connectivity index (χ0n) is 9.75. The van der Waals surface area contributed by atoms with E-state index in [2.05, 4.69) is 24.2 Å². The lowest BCUT2D eigenvalue weighted by Crippen LogP contribution is -2.40. The first kappa shape index (κ1) is 12.0. The van der Waals surface area contributed by atoms with Crippen molar-refractivity contribution in [3.8, 4) is 0 Å². The lowest BCUT2D eigenvalue weighted by Gasteiger charge is -2.35. The zero-order chi connectivity index (χ0) is 10.4. The predicted molar refractivity (Wildman–Crippen MR) is 59.1 cm³/mol. The van der Waals surface area contributed by atoms with E-state index in [9.17, 15) is 0 Å². The van der Waals surface area contributed by atoms with E-state index in [1.54, 1.807) is 0 Å². The zero-order valence-corrected chi connectivity index (χ0v) is 9.75. The smallest absolute Gasteiger partial charge is 0.0685 e. The third-order valence-corrected chi connectivity index (χ3v) is 3.05. The van der Waals surface area contributed by atoms with Crippen LogP contribution in [0.25, 0.3) is 0 Å². The molecule has 3 nitrogen and oxygen atoms in total. The van der Waals surface area contributed by atoms with Gasteiger partial charge in [-0.25, -0.2) is 5.48 Å². The van der Waals surface area contributed by atoms with Crippen molar-refractivity contribution in [3.05, 3.63) is 0 Å². The SMILES string of the molecule is CNOCCC1CCCN(C(C)C)C1. The molecule has 0 amide bonds. The highest BCUT2D eigenvalue weighted by atomic mass is 16.6. The molecular weight excluding hydrogens is 176 g/mol. The first-order valence-corrected chi connectivity index (χ1v) is 5.76. The van der Waals surface area contributed by atoms with Crippen LogP contribution in [0.3, 0.4) is 0 Å². The summed E-state index contributed by atoms with van der Waals surface area (Å²) >= 11 is 0. The fourth-order valence-corrected chi connectivity index (χ4v) is 2.13. The van der Waals surface area contributed by atoms with Gasteiger partial charge in [0.15, 0.2) is 0 Å². The highest BCUT2D eigenvalue weighted by molar-refractivity contribution is 4.74. The molecule has 1 atom stereocenters. The molecule has 3 heteroatoms. The van der Waals surface area contributed by atoms with Crippen LogP contribution < -0.4 is 5.48 Å². The van der Waals surface area contributed by atoms with Gasteiger partial charge >= 0.3 is 0 Å². The fraction of sp³-hybridized carbons (Fsp3) is 1.00. The number of nitrogens with zero attached hydrogens (tertiary/aromatic N) is 1. The summed E-state index contributed by atoms with van der Waals surface area (Å²) in [5, 5.41) is 0. The van der Waals surface area contributed by atoms with E-state index in [-0.39, 0.29) is 0 Å². The summed E-state index contributed by atoms with van der Waals surface area (Å²) in [4.78, 5) is 7.74. The van der Waals surface area contributed by atoms with Gasteiger partial charge in [0.1, 0.15) is 0 Å². The second-order valence-corrected chi connectivity index (χ2v) is 4.44. The Morgan fingerprint density at radius 3 is 2.93 bits per heavy atom. The average molecular weight is 200 g/mol. The Kier molecular flexibility index (Phi) is 5.45. The van der Waals surface area contributed by atoms with Crippen molar-refractivity contribution in [2.24, 2.45) is 5.92 Å². The van der Waals surface area contributed by atoms with Crippen molar-refractivity contribution in [3.63, 3.8) is 0 Å². The lowest BCUT2D eigenvalue weighted by atomic mass is 9.94. The Morgan fingerprint density at radius 1 is 1.50 bits per heavy atom. The van der Waals surface area contributed by atoms with Crippen molar-refractivity contribution in [1.82, 2.24) is 10.4 Å². The van der Waals surface area contributed by atoms with E-state index >= 15 is 0 Å². The van der Waals surface area contributed by atoms with Crippen LogP contribution in [0.4, 0.5) is 0 Å². The van der Waals surface area contributed by atoms with Crippen LogP contribution in [-0.2, 0) is 4.84 Å². The Hall–Kier alpha value is -0.120. The van der Waals surface area contributed by atoms with Gasteiger partial charge in [-0.2, -0.15) is 0 Å². The van der Waals surface area contributed by atoms with Gasteiger partial charge < -0.3 is 9.74 Å². The molecule has 14 heavy (non-hydrogen) atoms. The van der Waals surface area contributed by atoms with Gasteiger partial charge in [-0.05, 0) is 45.6 Å². The molecule has 0 bridgehead atoms. The molecule has 1 heterocycles. The Balaban J connectivity index is 2.19. The summed E-state index contributed by atoms with van der Waals surface area (Å²) in [6.07, 6.45) is 3.91. The van der Waals surface area contributed by atoms with E-state index < -0.39 is 0 Å². The van der Waals surface area contributed by atoms with Crippen molar-refractivity contribution < 1.29 is 4.84 Å². The highest BCUT2D eigenvalue weighted by Gasteiger charge is 2.21. The quantitative estimate of drug-likeness (QED) is 0.539. The molecule has 0 spiro atoms. The summed E-state index contributed by atoms with van der Waals surface area (Å²) in [5.74, 6) is 0.833. The Bertz CT molecular complexity index is 150. The molecule has 0 saturated carbocycles. The molecule has 1 aliphatic rings. The summed E-state index contributed by atoms with van der Waals surface area (Å²) in [6, 6.07) is 0.697. The second kappa shape index (κ2) is 6.38. The van der Waals surface area contributed by atoms with Gasteiger partial charge in [-0.1, -0.05) is 0 Å². The van der Waals surface area contributed by atoms with E-state index in [0.29, 0.717) is 6.04 Å². The summed E-state index contributed by atoms with van der Waals surface area (Å²) in [7, 11) is 1.82. The monoisotopic (exact) mass is 200 g/mol. The van der Waals surface area contributed by atoms with Crippen LogP contribution in [0.5, 0.6) is 0 Å². The van der Waals surface area contributed by atoms with Crippen LogP contribution >= 0.6 is 0 Å². The molecule has 1 saturated heterocycles. The maximum atomic E-state index is 5.16. The molecule has 0 radical (unpaired) electrons. The molecule has 84 valence electrons. The van der Waals surface area contributed by atoms with Gasteiger partial charge in [0.2, 0.25) is 0 Å². The van der Waals surface area contributed by atoms with Crippen LogP contribution in [0.2, 0.25) is 0 Å². The van der Waals surface area contributed by atoms with Crippen LogP contribution in [0, 0.1) is 5.92 Å². The minimum atomic E-state index is 0.697. The Labute approximate surface area is 87.8 Å². The molecule has 0 aliphatic carbocycles. The van der Waals surface area contributed by atoms with Gasteiger partial charge in [0.05, 0.1) is 6.61 Å². The maximum Gasteiger partial charge on any atom is 0.0685 e. The fourth-order valence-electron chi connectivity index (χ4n) is 2.13. The molecule has 1 aliphatic heterocycles. The van der Waals surface area contributed by atoms with E-state index in [1.165, 1.54) is 32.4 Å². The summed E-state index contributed by atoms with van der Waals surface area (Å²) in [5.41, 5.74) is 2.73. The Morgan fingerprint density at radius 2 is 2.29 bits per heavy atom. The predicted octanol–water partition coefficient (Wildman–Crippen LogP) is 1.65. The lowest BCUT2D eigenvalue weighted by molar-refractivity contribution is 0.0365. The number of hydrogen-bond acceptors (Lipinski definition) is 3. The van der Waals surface area contributed by atoms with E-state index in [0.717, 1.165) is 12.5 Å².